The number of aliphatic imine (C=N–C) groups is 1. The van der Waals surface area contributed by atoms with Gasteiger partial charge < -0.3 is 4.42 Å². The predicted molar refractivity (Wildman–Crippen MR) is 112 cm³/mol. The van der Waals surface area contributed by atoms with Crippen LogP contribution in [0.4, 0.5) is 5.69 Å². The molecule has 3 aromatic rings. The van der Waals surface area contributed by atoms with Gasteiger partial charge in [-0.05, 0) is 56.0 Å². The number of para-hydroxylation sites is 1. The van der Waals surface area contributed by atoms with E-state index in [-0.39, 0.29) is 0 Å². The summed E-state index contributed by atoms with van der Waals surface area (Å²) in [5, 5.41) is 1.79. The van der Waals surface area contributed by atoms with Gasteiger partial charge in [0.2, 0.25) is 0 Å². The molecule has 0 saturated heterocycles. The van der Waals surface area contributed by atoms with Crippen molar-refractivity contribution in [1.29, 1.82) is 0 Å². The van der Waals surface area contributed by atoms with Crippen molar-refractivity contribution in [1.82, 2.24) is 0 Å². The van der Waals surface area contributed by atoms with Gasteiger partial charge in [-0.25, -0.2) is 0 Å². The zero-order valence-electron chi connectivity index (χ0n) is 15.4. The first kappa shape index (κ1) is 20.7. The summed E-state index contributed by atoms with van der Waals surface area (Å²) in [6, 6.07) is 15.5. The molecule has 0 radical (unpaired) electrons. The molecule has 0 unspecified atom stereocenters. The maximum absolute atomic E-state index is 5.73. The third-order valence-electron chi connectivity index (χ3n) is 3.42. The summed E-state index contributed by atoms with van der Waals surface area (Å²) < 4.78 is 5.11. The van der Waals surface area contributed by atoms with Crippen LogP contribution in [-0.2, 0) is 0 Å². The molecule has 0 aliphatic heterocycles. The molecule has 3 rings (SSSR count). The summed E-state index contributed by atoms with van der Waals surface area (Å²) in [4.78, 5) is 3.98. The summed E-state index contributed by atoms with van der Waals surface area (Å²) in [6.45, 7) is 11.8. The van der Waals surface area contributed by atoms with E-state index in [2.05, 4.69) is 37.7 Å². The largest absolute Gasteiger partial charge is 0.464 e. The third-order valence-corrected chi connectivity index (χ3v) is 3.66. The van der Waals surface area contributed by atoms with Crippen LogP contribution < -0.4 is 0 Å². The van der Waals surface area contributed by atoms with Gasteiger partial charge in [0.05, 0.1) is 12.0 Å². The Morgan fingerprint density at radius 2 is 1.88 bits per heavy atom. The summed E-state index contributed by atoms with van der Waals surface area (Å²) in [5.41, 5.74) is 4.29. The fourth-order valence-electron chi connectivity index (χ4n) is 2.30. The quantitative estimate of drug-likeness (QED) is 0.437. The molecule has 1 heterocycles. The van der Waals surface area contributed by atoms with Gasteiger partial charge >= 0.3 is 0 Å². The van der Waals surface area contributed by atoms with Crippen molar-refractivity contribution in [3.8, 4) is 0 Å². The van der Waals surface area contributed by atoms with Crippen LogP contribution in [-0.4, -0.2) is 6.72 Å². The molecule has 0 bridgehead atoms. The van der Waals surface area contributed by atoms with E-state index in [0.29, 0.717) is 0 Å². The Morgan fingerprint density at radius 1 is 1.16 bits per heavy atom. The van der Waals surface area contributed by atoms with Gasteiger partial charge in [0.15, 0.2) is 0 Å². The van der Waals surface area contributed by atoms with E-state index in [0.717, 1.165) is 28.1 Å². The topological polar surface area (TPSA) is 25.5 Å². The van der Waals surface area contributed by atoms with Crippen LogP contribution in [0, 0.1) is 0 Å². The first-order valence-electron chi connectivity index (χ1n) is 8.51. The predicted octanol–water partition coefficient (Wildman–Crippen LogP) is 7.94. The van der Waals surface area contributed by atoms with Gasteiger partial charge in [-0.1, -0.05) is 56.6 Å². The van der Waals surface area contributed by atoms with Crippen LogP contribution in [0.5, 0.6) is 0 Å². The average molecular weight is 356 g/mol. The van der Waals surface area contributed by atoms with E-state index in [4.69, 9.17) is 16.0 Å². The maximum atomic E-state index is 5.73. The fourth-order valence-corrected chi connectivity index (χ4v) is 2.48. The minimum absolute atomic E-state index is 0.744. The van der Waals surface area contributed by atoms with Crippen molar-refractivity contribution >= 4 is 40.5 Å². The molecule has 0 spiro atoms. The lowest BCUT2D eigenvalue weighted by Gasteiger charge is -2.04. The molecule has 2 nitrogen and oxygen atoms in total. The van der Waals surface area contributed by atoms with Gasteiger partial charge in [0.25, 0.3) is 0 Å². The highest BCUT2D eigenvalue weighted by Crippen LogP contribution is 2.25. The van der Waals surface area contributed by atoms with Crippen molar-refractivity contribution in [2.45, 2.75) is 34.1 Å². The number of fused-ring (bicyclic) bond motifs is 1. The molecule has 1 aromatic heterocycles. The first-order chi connectivity index (χ1) is 12.2. The lowest BCUT2D eigenvalue weighted by atomic mass is 10.0. The van der Waals surface area contributed by atoms with Crippen molar-refractivity contribution < 1.29 is 4.42 Å². The molecule has 0 fully saturated rings. The highest BCUT2D eigenvalue weighted by atomic mass is 35.5. The Bertz CT molecular complexity index is 818. The van der Waals surface area contributed by atoms with E-state index < -0.39 is 0 Å². The second kappa shape index (κ2) is 11.3. The molecule has 0 aliphatic carbocycles. The Morgan fingerprint density at radius 3 is 2.56 bits per heavy atom. The number of hydrogen-bond acceptors (Lipinski definition) is 2. The number of rotatable bonds is 3. The van der Waals surface area contributed by atoms with Crippen LogP contribution in [0.2, 0.25) is 5.02 Å². The van der Waals surface area contributed by atoms with Gasteiger partial charge in [0, 0.05) is 16.0 Å². The zero-order chi connectivity index (χ0) is 18.7. The Balaban J connectivity index is 0.000000233. The van der Waals surface area contributed by atoms with Gasteiger partial charge in [0.1, 0.15) is 5.58 Å². The molecular formula is C22H26ClNO. The summed E-state index contributed by atoms with van der Waals surface area (Å²) in [6.07, 6.45) is 4.91. The molecular weight excluding hydrogens is 330 g/mol. The number of hydrogen-bond donors (Lipinski definition) is 0. The minimum Gasteiger partial charge on any atom is -0.464 e. The van der Waals surface area contributed by atoms with E-state index in [1.807, 2.05) is 56.3 Å². The second-order valence-corrected chi connectivity index (χ2v) is 5.51. The average Bonchev–Trinajstić information content (AvgIpc) is 3.11. The molecule has 132 valence electrons. The van der Waals surface area contributed by atoms with Crippen molar-refractivity contribution in [3.63, 3.8) is 0 Å². The molecule has 0 aliphatic rings. The standard InChI is InChI=1S/C12H15N.C8H5ClO.C2H6/c1-4-7-10(2)11-8-5-6-9-12(11)13-3;9-7-1-2-8-6(5-7)3-4-10-8;1-2/h5-9H,3-4H2,1-2H3;1-5H;1-2H3/b10-7-;;. The number of benzene rings is 2. The van der Waals surface area contributed by atoms with Crippen LogP contribution in [0.15, 0.2) is 70.3 Å². The molecule has 0 N–H and O–H groups in total. The highest BCUT2D eigenvalue weighted by Gasteiger charge is 1.99. The van der Waals surface area contributed by atoms with E-state index in [1.54, 1.807) is 6.26 Å². The van der Waals surface area contributed by atoms with Crippen molar-refractivity contribution in [3.05, 3.63) is 71.5 Å². The van der Waals surface area contributed by atoms with Crippen LogP contribution >= 0.6 is 11.6 Å². The maximum Gasteiger partial charge on any atom is 0.133 e. The number of allylic oxidation sites excluding steroid dienone is 2. The first-order valence-corrected chi connectivity index (χ1v) is 8.89. The van der Waals surface area contributed by atoms with Gasteiger partial charge in [-0.3, -0.25) is 4.99 Å². The van der Waals surface area contributed by atoms with E-state index in [1.165, 1.54) is 11.1 Å². The molecule has 0 atom stereocenters. The number of nitrogens with zero attached hydrogens (tertiary/aromatic N) is 1. The smallest absolute Gasteiger partial charge is 0.133 e. The van der Waals surface area contributed by atoms with Crippen LogP contribution in [0.1, 0.15) is 39.7 Å². The zero-order valence-corrected chi connectivity index (χ0v) is 16.2. The van der Waals surface area contributed by atoms with Crippen LogP contribution in [0.25, 0.3) is 16.5 Å². The van der Waals surface area contributed by atoms with E-state index >= 15 is 0 Å². The molecule has 25 heavy (non-hydrogen) atoms. The number of halogens is 1. The molecule has 3 heteroatoms. The van der Waals surface area contributed by atoms with Crippen molar-refractivity contribution in [2.75, 3.05) is 0 Å². The Labute approximate surface area is 155 Å². The monoisotopic (exact) mass is 355 g/mol. The highest BCUT2D eigenvalue weighted by molar-refractivity contribution is 6.31. The van der Waals surface area contributed by atoms with Gasteiger partial charge in [-0.15, -0.1) is 0 Å². The van der Waals surface area contributed by atoms with Crippen LogP contribution in [0.3, 0.4) is 0 Å². The van der Waals surface area contributed by atoms with Gasteiger partial charge in [-0.2, -0.15) is 0 Å². The second-order valence-electron chi connectivity index (χ2n) is 5.07. The fraction of sp³-hybridized carbons (Fsp3) is 0.227. The SMILES string of the molecule is C=Nc1ccccc1/C(C)=C\CC.CC.Clc1ccc2occc2c1. The molecule has 2 aromatic carbocycles. The summed E-state index contributed by atoms with van der Waals surface area (Å²) >= 11 is 5.73. The number of furan rings is 1. The normalized spacial score (nSPS) is 10.4. The Hall–Kier alpha value is -2.32. The summed E-state index contributed by atoms with van der Waals surface area (Å²) in [5.74, 6) is 0. The summed E-state index contributed by atoms with van der Waals surface area (Å²) in [7, 11) is 0. The van der Waals surface area contributed by atoms with Crippen molar-refractivity contribution in [2.24, 2.45) is 4.99 Å². The van der Waals surface area contributed by atoms with E-state index in [9.17, 15) is 0 Å². The molecule has 0 amide bonds. The minimum atomic E-state index is 0.744. The lowest BCUT2D eigenvalue weighted by molar-refractivity contribution is 0.616. The molecule has 0 saturated carbocycles. The third kappa shape index (κ3) is 6.24. The lowest BCUT2D eigenvalue weighted by Crippen LogP contribution is -1.79. The Kier molecular flexibility index (Phi) is 9.34.